The molecule has 1 aliphatic carbocycles. The van der Waals surface area contributed by atoms with Crippen LogP contribution in [0.5, 0.6) is 0 Å². The molecule has 0 radical (unpaired) electrons. The molecule has 0 atom stereocenters. The van der Waals surface area contributed by atoms with Crippen LogP contribution < -0.4 is 10.2 Å². The second kappa shape index (κ2) is 13.1. The fourth-order valence-corrected chi connectivity index (χ4v) is 5.04. The van der Waals surface area contributed by atoms with Gasteiger partial charge in [0.15, 0.2) is 5.78 Å². The summed E-state index contributed by atoms with van der Waals surface area (Å²) in [4.78, 5) is 48.6. The average molecular weight is 539 g/mol. The Kier molecular flexibility index (Phi) is 9.40. The van der Waals surface area contributed by atoms with E-state index in [-0.39, 0.29) is 17.8 Å². The number of hydrogen-bond donors (Lipinski definition) is 1. The van der Waals surface area contributed by atoms with Gasteiger partial charge in [-0.3, -0.25) is 14.5 Å². The Hall–Kier alpha value is -4.36. The van der Waals surface area contributed by atoms with Gasteiger partial charge in [0, 0.05) is 56.6 Å². The highest BCUT2D eigenvalue weighted by Gasteiger charge is 2.28. The molecule has 1 heterocycles. The van der Waals surface area contributed by atoms with Crippen LogP contribution in [-0.2, 0) is 25.6 Å². The molecule has 8 heteroatoms. The third kappa shape index (κ3) is 6.79. The molecular weight excluding hydrogens is 504 g/mol. The Morgan fingerprint density at radius 3 is 2.25 bits per heavy atom. The number of carbonyl (C=O) groups is 2. The number of piperazine rings is 1. The Morgan fingerprint density at radius 2 is 1.60 bits per heavy atom. The number of amides is 1. The lowest BCUT2D eigenvalue weighted by Crippen LogP contribution is -2.48. The fraction of sp³-hybridized carbons (Fsp3) is 0.281. The SMILES string of the molecule is Cc1ccc2c(c1)CC(=O)/C2=C(\Nc1ccc(N(C)C(=O)CN2CCN(C)CC2)cc1)c1ccccc1.O=C=O. The van der Waals surface area contributed by atoms with Crippen LogP contribution in [0, 0.1) is 6.92 Å². The predicted octanol–water partition coefficient (Wildman–Crippen LogP) is 3.73. The molecule has 1 N–H and O–H groups in total. The molecule has 0 saturated carbocycles. The molecule has 40 heavy (non-hydrogen) atoms. The zero-order chi connectivity index (χ0) is 28.6. The number of nitrogens with one attached hydrogen (secondary N) is 1. The number of fused-ring (bicyclic) bond motifs is 1. The van der Waals surface area contributed by atoms with Crippen LogP contribution in [0.2, 0.25) is 0 Å². The fourth-order valence-electron chi connectivity index (χ4n) is 5.04. The number of hydrogen-bond acceptors (Lipinski definition) is 7. The molecule has 5 rings (SSSR count). The number of carbonyl (C=O) groups excluding carboxylic acids is 4. The Balaban J connectivity index is 0.00000118. The predicted molar refractivity (Wildman–Crippen MR) is 156 cm³/mol. The Morgan fingerprint density at radius 1 is 0.950 bits per heavy atom. The smallest absolute Gasteiger partial charge is 0.354 e. The highest BCUT2D eigenvalue weighted by atomic mass is 16.2. The van der Waals surface area contributed by atoms with Crippen LogP contribution in [0.25, 0.3) is 11.3 Å². The maximum atomic E-state index is 13.2. The summed E-state index contributed by atoms with van der Waals surface area (Å²) in [5.74, 6) is 0.207. The Bertz CT molecular complexity index is 1420. The molecule has 0 unspecified atom stereocenters. The molecular formula is C32H34N4O4. The molecule has 2 aliphatic rings. The molecule has 3 aromatic rings. The van der Waals surface area contributed by atoms with E-state index in [2.05, 4.69) is 47.3 Å². The molecule has 0 aromatic heterocycles. The molecule has 1 saturated heterocycles. The zero-order valence-electron chi connectivity index (χ0n) is 23.1. The van der Waals surface area contributed by atoms with Crippen LogP contribution in [0.4, 0.5) is 11.4 Å². The van der Waals surface area contributed by atoms with Crippen molar-refractivity contribution in [3.63, 3.8) is 0 Å². The van der Waals surface area contributed by atoms with Gasteiger partial charge in [0.1, 0.15) is 0 Å². The van der Waals surface area contributed by atoms with Gasteiger partial charge in [-0.25, -0.2) is 0 Å². The van der Waals surface area contributed by atoms with Gasteiger partial charge in [-0.1, -0.05) is 54.1 Å². The standard InChI is InChI=1S/C31H34N4O2.CO2/c1-22-9-14-27-24(19-22)20-28(36)30(27)31(23-7-5-4-6-8-23)32-25-10-12-26(13-11-25)34(3)29(37)21-35-17-15-33(2)16-18-35;2-1-3/h4-14,19,32H,15-18,20-21H2,1-3H3;/b31-30-;. The zero-order valence-corrected chi connectivity index (χ0v) is 23.1. The lowest BCUT2D eigenvalue weighted by Gasteiger charge is -2.32. The number of rotatable bonds is 6. The lowest BCUT2D eigenvalue weighted by molar-refractivity contribution is -0.191. The number of Topliss-reactive ketones (excluding diaryl/α,β-unsaturated/α-hetero) is 1. The molecule has 0 spiro atoms. The van der Waals surface area contributed by atoms with E-state index in [1.807, 2.05) is 61.6 Å². The van der Waals surface area contributed by atoms with Gasteiger partial charge < -0.3 is 15.1 Å². The van der Waals surface area contributed by atoms with E-state index in [0.717, 1.165) is 71.1 Å². The third-order valence-corrected chi connectivity index (χ3v) is 7.33. The van der Waals surface area contributed by atoms with Crippen molar-refractivity contribution in [1.82, 2.24) is 9.80 Å². The van der Waals surface area contributed by atoms with E-state index in [1.54, 1.807) is 4.90 Å². The van der Waals surface area contributed by atoms with Gasteiger partial charge in [0.05, 0.1) is 12.2 Å². The summed E-state index contributed by atoms with van der Waals surface area (Å²) < 4.78 is 0. The first-order valence-electron chi connectivity index (χ1n) is 13.3. The van der Waals surface area contributed by atoms with Crippen molar-refractivity contribution >= 4 is 40.5 Å². The van der Waals surface area contributed by atoms with E-state index in [9.17, 15) is 9.59 Å². The van der Waals surface area contributed by atoms with Crippen molar-refractivity contribution in [2.45, 2.75) is 13.3 Å². The van der Waals surface area contributed by atoms with E-state index >= 15 is 0 Å². The summed E-state index contributed by atoms with van der Waals surface area (Å²) >= 11 is 0. The quantitative estimate of drug-likeness (QED) is 0.479. The minimum atomic E-state index is 0.0841. The van der Waals surface area contributed by atoms with Gasteiger partial charge >= 0.3 is 6.15 Å². The molecule has 1 aliphatic heterocycles. The number of aryl methyl sites for hydroxylation is 1. The van der Waals surface area contributed by atoms with Crippen molar-refractivity contribution in [2.75, 3.05) is 57.0 Å². The van der Waals surface area contributed by atoms with Crippen molar-refractivity contribution < 1.29 is 19.2 Å². The first kappa shape index (κ1) is 28.6. The van der Waals surface area contributed by atoms with Gasteiger partial charge in [-0.2, -0.15) is 9.59 Å². The minimum Gasteiger partial charge on any atom is -0.354 e. The van der Waals surface area contributed by atoms with Crippen LogP contribution in [0.3, 0.4) is 0 Å². The van der Waals surface area contributed by atoms with Crippen LogP contribution in [0.15, 0.2) is 72.8 Å². The highest BCUT2D eigenvalue weighted by Crippen LogP contribution is 2.36. The summed E-state index contributed by atoms with van der Waals surface area (Å²) in [6, 6.07) is 24.0. The second-order valence-corrected chi connectivity index (χ2v) is 10.2. The van der Waals surface area contributed by atoms with Crippen LogP contribution in [-0.4, -0.2) is 74.5 Å². The number of ketones is 1. The number of allylic oxidation sites excluding steroid dienone is 1. The molecule has 3 aromatic carbocycles. The molecule has 1 fully saturated rings. The lowest BCUT2D eigenvalue weighted by atomic mass is 9.99. The van der Waals surface area contributed by atoms with Gasteiger partial charge in [0.25, 0.3) is 0 Å². The van der Waals surface area contributed by atoms with Gasteiger partial charge in [0.2, 0.25) is 5.91 Å². The van der Waals surface area contributed by atoms with Crippen LogP contribution >= 0.6 is 0 Å². The van der Waals surface area contributed by atoms with Gasteiger partial charge in [-0.15, -0.1) is 0 Å². The number of likely N-dealkylation sites (N-methyl/N-ethyl adjacent to an activating group) is 2. The van der Waals surface area contributed by atoms with Crippen LogP contribution in [0.1, 0.15) is 22.3 Å². The Labute approximate surface area is 234 Å². The second-order valence-electron chi connectivity index (χ2n) is 10.2. The van der Waals surface area contributed by atoms with Crippen molar-refractivity contribution in [2.24, 2.45) is 0 Å². The van der Waals surface area contributed by atoms with Gasteiger partial charge in [-0.05, 0) is 54.9 Å². The monoisotopic (exact) mass is 538 g/mol. The summed E-state index contributed by atoms with van der Waals surface area (Å²) in [6.07, 6.45) is 0.670. The number of benzene rings is 3. The summed E-state index contributed by atoms with van der Waals surface area (Å²) in [6.45, 7) is 6.29. The number of anilines is 2. The van der Waals surface area contributed by atoms with E-state index in [4.69, 9.17) is 9.59 Å². The average Bonchev–Trinajstić information content (AvgIpc) is 3.28. The molecule has 8 nitrogen and oxygen atoms in total. The summed E-state index contributed by atoms with van der Waals surface area (Å²) in [5.41, 5.74) is 7.43. The molecule has 0 bridgehead atoms. The first-order chi connectivity index (χ1) is 19.3. The van der Waals surface area contributed by atoms with Crippen molar-refractivity contribution in [3.05, 3.63) is 95.1 Å². The third-order valence-electron chi connectivity index (χ3n) is 7.33. The maximum absolute atomic E-state index is 13.2. The summed E-state index contributed by atoms with van der Waals surface area (Å²) in [5, 5.41) is 3.53. The normalized spacial score (nSPS) is 16.3. The van der Waals surface area contributed by atoms with Crippen molar-refractivity contribution in [3.8, 4) is 0 Å². The highest BCUT2D eigenvalue weighted by molar-refractivity contribution is 6.32. The van der Waals surface area contributed by atoms with Crippen molar-refractivity contribution in [1.29, 1.82) is 0 Å². The largest absolute Gasteiger partial charge is 0.373 e. The number of nitrogens with zero attached hydrogens (tertiary/aromatic N) is 3. The van der Waals surface area contributed by atoms with E-state index in [0.29, 0.717) is 13.0 Å². The molecule has 206 valence electrons. The minimum absolute atomic E-state index is 0.0841. The molecule has 1 amide bonds. The maximum Gasteiger partial charge on any atom is 0.373 e. The van der Waals surface area contributed by atoms with E-state index in [1.165, 1.54) is 0 Å². The van der Waals surface area contributed by atoms with E-state index < -0.39 is 0 Å². The first-order valence-corrected chi connectivity index (χ1v) is 13.3. The summed E-state index contributed by atoms with van der Waals surface area (Å²) in [7, 11) is 3.94. The topological polar surface area (TPSA) is 90.0 Å².